The Morgan fingerprint density at radius 1 is 1.44 bits per heavy atom. The van der Waals surface area contributed by atoms with Gasteiger partial charge in [0, 0.05) is 0 Å². The number of allylic oxidation sites excluding steroid dienone is 1. The molecule has 1 aromatic heterocycles. The molecule has 0 bridgehead atoms. The number of nitrogens with two attached hydrogens (primary N) is 1. The summed E-state index contributed by atoms with van der Waals surface area (Å²) < 4.78 is 4.02. The van der Waals surface area contributed by atoms with Gasteiger partial charge in [-0.2, -0.15) is 0 Å². The molecule has 2 N–H and O–H groups in total. The van der Waals surface area contributed by atoms with Crippen molar-refractivity contribution in [2.75, 3.05) is 0 Å². The molecule has 0 saturated heterocycles. The zero-order valence-electron chi connectivity index (χ0n) is 9.78. The Bertz CT molecular complexity index is 370. The van der Waals surface area contributed by atoms with Crippen molar-refractivity contribution in [3.8, 4) is 0 Å². The molecule has 1 heterocycles. The Morgan fingerprint density at radius 2 is 2.31 bits per heavy atom. The van der Waals surface area contributed by atoms with E-state index >= 15 is 0 Å². The lowest BCUT2D eigenvalue weighted by molar-refractivity contribution is 0.688. The van der Waals surface area contributed by atoms with Crippen LogP contribution in [0, 0.1) is 0 Å². The van der Waals surface area contributed by atoms with Crippen LogP contribution in [0.5, 0.6) is 0 Å². The molecule has 1 aliphatic carbocycles. The van der Waals surface area contributed by atoms with Crippen LogP contribution in [0.2, 0.25) is 0 Å². The van der Waals surface area contributed by atoms with Gasteiger partial charge in [-0.25, -0.2) is 0 Å². The van der Waals surface area contributed by atoms with Crippen LogP contribution in [-0.4, -0.2) is 9.59 Å². The minimum atomic E-state index is 0.0352. The van der Waals surface area contributed by atoms with Crippen molar-refractivity contribution in [1.82, 2.24) is 9.59 Å². The van der Waals surface area contributed by atoms with Gasteiger partial charge in [0.1, 0.15) is 0 Å². The highest BCUT2D eigenvalue weighted by molar-refractivity contribution is 7.05. The Balaban J connectivity index is 2.17. The topological polar surface area (TPSA) is 51.8 Å². The lowest BCUT2D eigenvalue weighted by Crippen LogP contribution is -2.13. The molecule has 1 aliphatic rings. The van der Waals surface area contributed by atoms with Crippen molar-refractivity contribution in [1.29, 1.82) is 0 Å². The standard InChI is InChI=1S/C12H19N3S/c1-2-10-12(16-15-14-10)11(13)9-7-5-3-4-6-8-9/h7,11H,2-6,8,13H2,1H3. The smallest absolute Gasteiger partial charge is 0.0804 e. The summed E-state index contributed by atoms with van der Waals surface area (Å²) in [7, 11) is 0. The van der Waals surface area contributed by atoms with Gasteiger partial charge in [0.05, 0.1) is 16.6 Å². The Hall–Kier alpha value is -0.740. The van der Waals surface area contributed by atoms with Crippen molar-refractivity contribution in [3.05, 3.63) is 22.2 Å². The molecule has 4 heteroatoms. The molecule has 16 heavy (non-hydrogen) atoms. The summed E-state index contributed by atoms with van der Waals surface area (Å²) in [6, 6.07) is 0.0352. The third kappa shape index (κ3) is 2.50. The fourth-order valence-corrected chi connectivity index (χ4v) is 2.97. The fraction of sp³-hybridized carbons (Fsp3) is 0.667. The highest BCUT2D eigenvalue weighted by Gasteiger charge is 2.18. The quantitative estimate of drug-likeness (QED) is 0.822. The summed E-state index contributed by atoms with van der Waals surface area (Å²) in [5.41, 5.74) is 8.78. The molecule has 0 aromatic carbocycles. The Morgan fingerprint density at radius 3 is 3.12 bits per heavy atom. The molecule has 1 aromatic rings. The minimum absolute atomic E-state index is 0.0352. The molecule has 1 unspecified atom stereocenters. The van der Waals surface area contributed by atoms with Crippen LogP contribution >= 0.6 is 11.5 Å². The molecular formula is C12H19N3S. The normalized spacial score (nSPS) is 19.0. The number of aromatic nitrogens is 2. The van der Waals surface area contributed by atoms with E-state index in [0.29, 0.717) is 0 Å². The lowest BCUT2D eigenvalue weighted by Gasteiger charge is -2.14. The van der Waals surface area contributed by atoms with Crippen LogP contribution in [0.4, 0.5) is 0 Å². The number of hydrogen-bond acceptors (Lipinski definition) is 4. The van der Waals surface area contributed by atoms with Crippen LogP contribution in [0.15, 0.2) is 11.6 Å². The molecule has 0 fully saturated rings. The van der Waals surface area contributed by atoms with E-state index in [1.54, 1.807) is 0 Å². The molecule has 0 aliphatic heterocycles. The molecule has 1 atom stereocenters. The first-order chi connectivity index (χ1) is 7.83. The van der Waals surface area contributed by atoms with E-state index in [2.05, 4.69) is 22.6 Å². The van der Waals surface area contributed by atoms with Crippen LogP contribution in [0.3, 0.4) is 0 Å². The first kappa shape index (κ1) is 11.7. The third-order valence-corrected chi connectivity index (χ3v) is 4.03. The summed E-state index contributed by atoms with van der Waals surface area (Å²) in [5.74, 6) is 0. The summed E-state index contributed by atoms with van der Waals surface area (Å²) in [6.45, 7) is 2.11. The maximum atomic E-state index is 6.32. The lowest BCUT2D eigenvalue weighted by atomic mass is 10.00. The van der Waals surface area contributed by atoms with E-state index in [9.17, 15) is 0 Å². The van der Waals surface area contributed by atoms with Crippen LogP contribution < -0.4 is 5.73 Å². The Kier molecular flexibility index (Phi) is 4.07. The van der Waals surface area contributed by atoms with E-state index in [4.69, 9.17) is 5.73 Å². The average Bonchev–Trinajstić information content (AvgIpc) is 2.61. The van der Waals surface area contributed by atoms with Gasteiger partial charge in [0.2, 0.25) is 0 Å². The largest absolute Gasteiger partial charge is 0.320 e. The zero-order chi connectivity index (χ0) is 11.4. The second-order valence-electron chi connectivity index (χ2n) is 4.29. The van der Waals surface area contributed by atoms with Crippen molar-refractivity contribution in [3.63, 3.8) is 0 Å². The number of aryl methyl sites for hydroxylation is 1. The number of hydrogen-bond donors (Lipinski definition) is 1. The van der Waals surface area contributed by atoms with Gasteiger partial charge < -0.3 is 5.73 Å². The predicted molar refractivity (Wildman–Crippen MR) is 67.4 cm³/mol. The van der Waals surface area contributed by atoms with Gasteiger partial charge in [0.15, 0.2) is 0 Å². The highest BCUT2D eigenvalue weighted by atomic mass is 32.1. The molecule has 0 radical (unpaired) electrons. The van der Waals surface area contributed by atoms with E-state index in [0.717, 1.165) is 23.4 Å². The van der Waals surface area contributed by atoms with Gasteiger partial charge in [0.25, 0.3) is 0 Å². The number of rotatable bonds is 3. The highest BCUT2D eigenvalue weighted by Crippen LogP contribution is 2.30. The SMILES string of the molecule is CCc1nnsc1C(N)C1=CCCCCC1. The van der Waals surface area contributed by atoms with Gasteiger partial charge in [-0.05, 0) is 43.6 Å². The first-order valence-corrected chi connectivity index (χ1v) is 6.86. The van der Waals surface area contributed by atoms with Crippen molar-refractivity contribution < 1.29 is 0 Å². The molecule has 0 spiro atoms. The molecule has 2 rings (SSSR count). The second kappa shape index (κ2) is 5.55. The fourth-order valence-electron chi connectivity index (χ4n) is 2.19. The van der Waals surface area contributed by atoms with E-state index in [1.807, 2.05) is 0 Å². The van der Waals surface area contributed by atoms with Crippen LogP contribution in [0.25, 0.3) is 0 Å². The minimum Gasteiger partial charge on any atom is -0.320 e. The third-order valence-electron chi connectivity index (χ3n) is 3.18. The summed E-state index contributed by atoms with van der Waals surface area (Å²) >= 11 is 1.46. The molecule has 0 saturated carbocycles. The van der Waals surface area contributed by atoms with E-state index < -0.39 is 0 Å². The van der Waals surface area contributed by atoms with Crippen molar-refractivity contribution in [2.45, 2.75) is 51.5 Å². The molecule has 0 amide bonds. The summed E-state index contributed by atoms with van der Waals surface area (Å²) in [6.07, 6.45) is 9.47. The summed E-state index contributed by atoms with van der Waals surface area (Å²) in [4.78, 5) is 1.16. The van der Waals surface area contributed by atoms with Gasteiger partial charge >= 0.3 is 0 Å². The van der Waals surface area contributed by atoms with E-state index in [-0.39, 0.29) is 6.04 Å². The summed E-state index contributed by atoms with van der Waals surface area (Å²) in [5, 5.41) is 4.14. The molecule has 3 nitrogen and oxygen atoms in total. The van der Waals surface area contributed by atoms with Crippen LogP contribution in [0.1, 0.15) is 55.6 Å². The van der Waals surface area contributed by atoms with Crippen molar-refractivity contribution >= 4 is 11.5 Å². The van der Waals surface area contributed by atoms with Gasteiger partial charge in [-0.1, -0.05) is 29.5 Å². The molecular weight excluding hydrogens is 218 g/mol. The van der Waals surface area contributed by atoms with Crippen molar-refractivity contribution in [2.24, 2.45) is 5.73 Å². The van der Waals surface area contributed by atoms with E-state index in [1.165, 1.54) is 42.8 Å². The van der Waals surface area contributed by atoms with Crippen LogP contribution in [-0.2, 0) is 6.42 Å². The molecule has 88 valence electrons. The maximum Gasteiger partial charge on any atom is 0.0804 e. The van der Waals surface area contributed by atoms with Gasteiger partial charge in [-0.3, -0.25) is 0 Å². The second-order valence-corrected chi connectivity index (χ2v) is 5.08. The number of nitrogens with zero attached hydrogens (tertiary/aromatic N) is 2. The zero-order valence-corrected chi connectivity index (χ0v) is 10.6. The Labute approximate surface area is 101 Å². The predicted octanol–water partition coefficient (Wildman–Crippen LogP) is 2.99. The monoisotopic (exact) mass is 237 g/mol. The van der Waals surface area contributed by atoms with Gasteiger partial charge in [-0.15, -0.1) is 5.10 Å². The first-order valence-electron chi connectivity index (χ1n) is 6.08. The average molecular weight is 237 g/mol. The maximum absolute atomic E-state index is 6.32.